The molecule has 7 heteroatoms. The Balaban J connectivity index is 0.00000385. The minimum atomic E-state index is 0. The highest BCUT2D eigenvalue weighted by atomic mass is 127. The summed E-state index contributed by atoms with van der Waals surface area (Å²) in [6.07, 6.45) is 3.21. The first-order valence-corrected chi connectivity index (χ1v) is 11.0. The van der Waals surface area contributed by atoms with Gasteiger partial charge in [0.1, 0.15) is 5.76 Å². The van der Waals surface area contributed by atoms with Gasteiger partial charge in [-0.1, -0.05) is 42.5 Å². The number of amides is 1. The molecule has 0 saturated heterocycles. The molecule has 0 aliphatic carbocycles. The Labute approximate surface area is 213 Å². The van der Waals surface area contributed by atoms with Crippen molar-refractivity contribution in [2.24, 2.45) is 4.99 Å². The average Bonchev–Trinajstić information content (AvgIpc) is 3.32. The minimum absolute atomic E-state index is 0. The molecule has 0 aliphatic rings. The molecule has 1 atom stereocenters. The van der Waals surface area contributed by atoms with Crippen LogP contribution < -0.4 is 10.6 Å². The SMILES string of the molecule is CC(NC(=NCCc1ccco1)NCCc1cccc(C(=O)N(C)C)c1)c1ccccc1.I. The fourth-order valence-electron chi connectivity index (χ4n) is 3.36. The van der Waals surface area contributed by atoms with E-state index in [-0.39, 0.29) is 35.9 Å². The lowest BCUT2D eigenvalue weighted by molar-refractivity contribution is 0.0827. The summed E-state index contributed by atoms with van der Waals surface area (Å²) in [6.45, 7) is 3.44. The van der Waals surface area contributed by atoms with Crippen molar-refractivity contribution in [3.8, 4) is 0 Å². The van der Waals surface area contributed by atoms with Crippen molar-refractivity contribution in [2.75, 3.05) is 27.2 Å². The summed E-state index contributed by atoms with van der Waals surface area (Å²) in [5.74, 6) is 1.69. The van der Waals surface area contributed by atoms with Gasteiger partial charge in [0.25, 0.3) is 5.91 Å². The molecule has 2 N–H and O–H groups in total. The van der Waals surface area contributed by atoms with Gasteiger partial charge in [0, 0.05) is 39.2 Å². The number of nitrogens with zero attached hydrogens (tertiary/aromatic N) is 2. The molecular weight excluding hydrogens is 527 g/mol. The van der Waals surface area contributed by atoms with E-state index in [1.165, 1.54) is 5.56 Å². The van der Waals surface area contributed by atoms with Gasteiger partial charge in [-0.3, -0.25) is 9.79 Å². The van der Waals surface area contributed by atoms with Crippen LogP contribution in [0.4, 0.5) is 0 Å². The van der Waals surface area contributed by atoms with Crippen LogP contribution in [-0.4, -0.2) is 44.0 Å². The largest absolute Gasteiger partial charge is 0.469 e. The highest BCUT2D eigenvalue weighted by molar-refractivity contribution is 14.0. The Morgan fingerprint density at radius 1 is 1.03 bits per heavy atom. The molecular formula is C26H33IN4O2. The van der Waals surface area contributed by atoms with Crippen LogP contribution in [0.3, 0.4) is 0 Å². The second-order valence-electron chi connectivity index (χ2n) is 7.91. The highest BCUT2D eigenvalue weighted by Gasteiger charge is 2.10. The zero-order valence-corrected chi connectivity index (χ0v) is 21.8. The Morgan fingerprint density at radius 2 is 1.82 bits per heavy atom. The molecule has 3 aromatic rings. The molecule has 33 heavy (non-hydrogen) atoms. The van der Waals surface area contributed by atoms with Crippen LogP contribution >= 0.6 is 24.0 Å². The number of carbonyl (C=O) groups is 1. The first-order chi connectivity index (χ1) is 15.5. The summed E-state index contributed by atoms with van der Waals surface area (Å²) in [5, 5.41) is 6.93. The molecule has 0 fully saturated rings. The smallest absolute Gasteiger partial charge is 0.253 e. The van der Waals surface area contributed by atoms with Gasteiger partial charge in [0.2, 0.25) is 0 Å². The van der Waals surface area contributed by atoms with E-state index >= 15 is 0 Å². The van der Waals surface area contributed by atoms with Crippen LogP contribution in [0.5, 0.6) is 0 Å². The number of carbonyl (C=O) groups excluding carboxylic acids is 1. The van der Waals surface area contributed by atoms with Gasteiger partial charge >= 0.3 is 0 Å². The van der Waals surface area contributed by atoms with Crippen molar-refractivity contribution in [3.63, 3.8) is 0 Å². The summed E-state index contributed by atoms with van der Waals surface area (Å²) < 4.78 is 5.41. The number of benzene rings is 2. The fourth-order valence-corrected chi connectivity index (χ4v) is 3.36. The van der Waals surface area contributed by atoms with Crippen molar-refractivity contribution < 1.29 is 9.21 Å². The van der Waals surface area contributed by atoms with Crippen LogP contribution in [0.1, 0.15) is 40.2 Å². The van der Waals surface area contributed by atoms with Crippen molar-refractivity contribution in [2.45, 2.75) is 25.8 Å². The summed E-state index contributed by atoms with van der Waals surface area (Å²) in [4.78, 5) is 18.6. The van der Waals surface area contributed by atoms with Crippen molar-refractivity contribution in [1.29, 1.82) is 0 Å². The molecule has 0 spiro atoms. The Bertz CT molecular complexity index is 1000. The molecule has 1 amide bonds. The topological polar surface area (TPSA) is 69.9 Å². The maximum atomic E-state index is 12.2. The number of aliphatic imine (C=N–C) groups is 1. The van der Waals surface area contributed by atoms with E-state index in [4.69, 9.17) is 9.41 Å². The third-order valence-electron chi connectivity index (χ3n) is 5.15. The summed E-state index contributed by atoms with van der Waals surface area (Å²) in [7, 11) is 3.53. The van der Waals surface area contributed by atoms with Crippen LogP contribution in [0.15, 0.2) is 82.4 Å². The summed E-state index contributed by atoms with van der Waals surface area (Å²) in [6, 6.07) is 22.1. The summed E-state index contributed by atoms with van der Waals surface area (Å²) >= 11 is 0. The number of hydrogen-bond donors (Lipinski definition) is 2. The van der Waals surface area contributed by atoms with Gasteiger partial charge in [-0.25, -0.2) is 0 Å². The second kappa shape index (κ2) is 13.7. The third kappa shape index (κ3) is 8.57. The lowest BCUT2D eigenvalue weighted by atomic mass is 10.1. The standard InChI is InChI=1S/C26H32N4O2.HI/c1-20(22-10-5-4-6-11-22)29-26(28-17-15-24-13-8-18-32-24)27-16-14-21-9-7-12-23(19-21)25(31)30(2)3;/h4-13,18-20H,14-17H2,1-3H3,(H2,27,28,29);1H. The monoisotopic (exact) mass is 560 g/mol. The first-order valence-electron chi connectivity index (χ1n) is 11.0. The molecule has 0 saturated carbocycles. The van der Waals surface area contributed by atoms with E-state index in [1.54, 1.807) is 25.3 Å². The van der Waals surface area contributed by atoms with E-state index in [0.29, 0.717) is 18.7 Å². The van der Waals surface area contributed by atoms with E-state index in [9.17, 15) is 4.79 Å². The number of rotatable bonds is 9. The Hall–Kier alpha value is -2.81. The van der Waals surface area contributed by atoms with Crippen LogP contribution in [0.2, 0.25) is 0 Å². The minimum Gasteiger partial charge on any atom is -0.469 e. The zero-order chi connectivity index (χ0) is 22.8. The number of hydrogen-bond acceptors (Lipinski definition) is 3. The molecule has 0 bridgehead atoms. The molecule has 0 radical (unpaired) electrons. The molecule has 3 rings (SSSR count). The first kappa shape index (κ1) is 26.4. The molecule has 2 aromatic carbocycles. The van der Waals surface area contributed by atoms with Gasteiger partial charge in [-0.05, 0) is 48.7 Å². The van der Waals surface area contributed by atoms with Crippen LogP contribution in [-0.2, 0) is 12.8 Å². The molecule has 176 valence electrons. The van der Waals surface area contributed by atoms with Gasteiger partial charge < -0.3 is 20.0 Å². The molecule has 1 unspecified atom stereocenters. The molecule has 0 aliphatic heterocycles. The van der Waals surface area contributed by atoms with E-state index in [0.717, 1.165) is 30.1 Å². The average molecular weight is 560 g/mol. The predicted octanol–water partition coefficient (Wildman–Crippen LogP) is 4.68. The number of nitrogens with one attached hydrogen (secondary N) is 2. The predicted molar refractivity (Wildman–Crippen MR) is 144 cm³/mol. The van der Waals surface area contributed by atoms with Crippen molar-refractivity contribution in [1.82, 2.24) is 15.5 Å². The summed E-state index contributed by atoms with van der Waals surface area (Å²) in [5.41, 5.74) is 3.01. The normalized spacial score (nSPS) is 11.9. The van der Waals surface area contributed by atoms with E-state index in [2.05, 4.69) is 29.7 Å². The quantitative estimate of drug-likeness (QED) is 0.227. The highest BCUT2D eigenvalue weighted by Crippen LogP contribution is 2.11. The number of halogens is 1. The Kier molecular flexibility index (Phi) is 11.0. The maximum absolute atomic E-state index is 12.2. The number of furan rings is 1. The van der Waals surface area contributed by atoms with E-state index < -0.39 is 0 Å². The molecule has 1 heterocycles. The van der Waals surface area contributed by atoms with Gasteiger partial charge in [0.15, 0.2) is 5.96 Å². The second-order valence-corrected chi connectivity index (χ2v) is 7.91. The zero-order valence-electron chi connectivity index (χ0n) is 19.5. The Morgan fingerprint density at radius 3 is 2.52 bits per heavy atom. The lowest BCUT2D eigenvalue weighted by Gasteiger charge is -2.19. The molecule has 6 nitrogen and oxygen atoms in total. The fraction of sp³-hybridized carbons (Fsp3) is 0.308. The third-order valence-corrected chi connectivity index (χ3v) is 5.15. The van der Waals surface area contributed by atoms with Gasteiger partial charge in [0.05, 0.1) is 12.3 Å². The van der Waals surface area contributed by atoms with Crippen molar-refractivity contribution in [3.05, 3.63) is 95.4 Å². The number of guanidine groups is 1. The van der Waals surface area contributed by atoms with E-state index in [1.807, 2.05) is 54.6 Å². The molecule has 1 aromatic heterocycles. The van der Waals surface area contributed by atoms with Gasteiger partial charge in [-0.2, -0.15) is 0 Å². The van der Waals surface area contributed by atoms with Crippen LogP contribution in [0, 0.1) is 0 Å². The van der Waals surface area contributed by atoms with Crippen LogP contribution in [0.25, 0.3) is 0 Å². The maximum Gasteiger partial charge on any atom is 0.253 e. The van der Waals surface area contributed by atoms with Gasteiger partial charge in [-0.15, -0.1) is 24.0 Å². The van der Waals surface area contributed by atoms with Crippen molar-refractivity contribution >= 4 is 35.8 Å². The lowest BCUT2D eigenvalue weighted by Crippen LogP contribution is -2.40.